The second-order valence-corrected chi connectivity index (χ2v) is 7.20. The largest absolute Gasteiger partial charge is 0.350 e. The number of carbonyl (C=O) groups excluding carboxylic acids is 1. The van der Waals surface area contributed by atoms with E-state index in [1.165, 1.54) is 12.1 Å². The van der Waals surface area contributed by atoms with Crippen LogP contribution in [-0.2, 0) is 0 Å². The maximum Gasteiger partial charge on any atom is 0.253 e. The fourth-order valence-corrected chi connectivity index (χ4v) is 3.54. The van der Waals surface area contributed by atoms with Gasteiger partial charge in [0.25, 0.3) is 5.91 Å². The average Bonchev–Trinajstić information content (AvgIpc) is 2.97. The fraction of sp³-hybridized carbons (Fsp3) is 0.261. The molecule has 1 aromatic heterocycles. The molecule has 4 nitrogen and oxygen atoms in total. The third-order valence-corrected chi connectivity index (χ3v) is 5.02. The SMILES string of the molecule is Cc1cc(C(=O)NCC(c2ccccc2)N(C)C)c(C)n1-c1ccc(F)cc1. The lowest BCUT2D eigenvalue weighted by Crippen LogP contribution is -2.34. The predicted molar refractivity (Wildman–Crippen MR) is 110 cm³/mol. The number of nitrogens with one attached hydrogen (secondary N) is 1. The Balaban J connectivity index is 1.79. The summed E-state index contributed by atoms with van der Waals surface area (Å²) in [6.07, 6.45) is 0. The number of carbonyl (C=O) groups is 1. The molecule has 0 fully saturated rings. The Morgan fingerprint density at radius 2 is 1.71 bits per heavy atom. The quantitative estimate of drug-likeness (QED) is 0.695. The number of halogens is 1. The predicted octanol–water partition coefficient (Wildman–Crippen LogP) is 4.27. The van der Waals surface area contributed by atoms with Gasteiger partial charge in [0.05, 0.1) is 11.6 Å². The Morgan fingerprint density at radius 3 is 2.32 bits per heavy atom. The van der Waals surface area contributed by atoms with E-state index in [4.69, 9.17) is 0 Å². The number of rotatable bonds is 6. The Morgan fingerprint density at radius 1 is 1.07 bits per heavy atom. The monoisotopic (exact) mass is 379 g/mol. The number of aromatic nitrogens is 1. The molecule has 0 aliphatic carbocycles. The van der Waals surface area contributed by atoms with Gasteiger partial charge in [0.15, 0.2) is 0 Å². The summed E-state index contributed by atoms with van der Waals surface area (Å²) in [5, 5.41) is 3.07. The molecule has 0 radical (unpaired) electrons. The van der Waals surface area contributed by atoms with E-state index in [0.717, 1.165) is 22.6 Å². The van der Waals surface area contributed by atoms with Gasteiger partial charge in [-0.1, -0.05) is 30.3 Å². The molecule has 146 valence electrons. The van der Waals surface area contributed by atoms with Crippen molar-refractivity contribution in [3.05, 3.63) is 89.0 Å². The Labute approximate surface area is 165 Å². The topological polar surface area (TPSA) is 37.3 Å². The molecule has 5 heteroatoms. The van der Waals surface area contributed by atoms with Gasteiger partial charge in [-0.2, -0.15) is 0 Å². The molecule has 0 aliphatic heterocycles. The van der Waals surface area contributed by atoms with Gasteiger partial charge in [-0.05, 0) is 63.8 Å². The molecule has 0 saturated heterocycles. The first-order valence-electron chi connectivity index (χ1n) is 9.33. The summed E-state index contributed by atoms with van der Waals surface area (Å²) < 4.78 is 15.2. The lowest BCUT2D eigenvalue weighted by molar-refractivity contribution is 0.0941. The summed E-state index contributed by atoms with van der Waals surface area (Å²) in [6.45, 7) is 4.36. The van der Waals surface area contributed by atoms with Crippen LogP contribution in [0.25, 0.3) is 5.69 Å². The number of likely N-dealkylation sites (N-methyl/N-ethyl adjacent to an activating group) is 1. The summed E-state index contributed by atoms with van der Waals surface area (Å²) in [6, 6.07) is 18.4. The Hall–Kier alpha value is -2.92. The first-order valence-corrected chi connectivity index (χ1v) is 9.33. The molecule has 0 bridgehead atoms. The fourth-order valence-electron chi connectivity index (χ4n) is 3.54. The van der Waals surface area contributed by atoms with Crippen molar-refractivity contribution in [3.63, 3.8) is 0 Å². The van der Waals surface area contributed by atoms with Crippen molar-refractivity contribution >= 4 is 5.91 Å². The van der Waals surface area contributed by atoms with E-state index in [0.29, 0.717) is 12.1 Å². The molecule has 28 heavy (non-hydrogen) atoms. The van der Waals surface area contributed by atoms with E-state index in [9.17, 15) is 9.18 Å². The zero-order chi connectivity index (χ0) is 20.3. The molecule has 1 N–H and O–H groups in total. The standard InChI is InChI=1S/C23H26FN3O/c1-16-14-21(17(2)27(16)20-12-10-19(24)11-13-20)23(28)25-15-22(26(3)4)18-8-6-5-7-9-18/h5-14,22H,15H2,1-4H3,(H,25,28). The van der Waals surface area contributed by atoms with Crippen LogP contribution in [0.1, 0.15) is 33.4 Å². The van der Waals surface area contributed by atoms with Gasteiger partial charge >= 0.3 is 0 Å². The molecule has 0 spiro atoms. The van der Waals surface area contributed by atoms with Crippen LogP contribution in [0.4, 0.5) is 4.39 Å². The third kappa shape index (κ3) is 4.15. The maximum absolute atomic E-state index is 13.2. The minimum Gasteiger partial charge on any atom is -0.350 e. The molecule has 3 aromatic rings. The molecular weight excluding hydrogens is 353 g/mol. The van der Waals surface area contributed by atoms with Crippen LogP contribution >= 0.6 is 0 Å². The number of hydrogen-bond acceptors (Lipinski definition) is 2. The number of aryl methyl sites for hydroxylation is 1. The normalized spacial score (nSPS) is 12.2. The van der Waals surface area contributed by atoms with E-state index in [-0.39, 0.29) is 17.8 Å². The highest BCUT2D eigenvalue weighted by atomic mass is 19.1. The average molecular weight is 379 g/mol. The van der Waals surface area contributed by atoms with Gasteiger partial charge < -0.3 is 14.8 Å². The molecule has 3 rings (SSSR count). The second kappa shape index (κ2) is 8.40. The molecule has 0 saturated carbocycles. The smallest absolute Gasteiger partial charge is 0.253 e. The summed E-state index contributed by atoms with van der Waals surface area (Å²) in [4.78, 5) is 15.0. The molecule has 0 aliphatic rings. The van der Waals surface area contributed by atoms with E-state index in [1.807, 2.05) is 56.8 Å². The van der Waals surface area contributed by atoms with Crippen molar-refractivity contribution in [1.29, 1.82) is 0 Å². The van der Waals surface area contributed by atoms with Crippen LogP contribution in [0, 0.1) is 19.7 Å². The summed E-state index contributed by atoms with van der Waals surface area (Å²) in [7, 11) is 4.01. The highest BCUT2D eigenvalue weighted by molar-refractivity contribution is 5.96. The zero-order valence-electron chi connectivity index (χ0n) is 16.7. The maximum atomic E-state index is 13.2. The first-order chi connectivity index (χ1) is 13.4. The van der Waals surface area contributed by atoms with Gasteiger partial charge in [-0.3, -0.25) is 4.79 Å². The van der Waals surface area contributed by atoms with Crippen LogP contribution in [0.15, 0.2) is 60.7 Å². The Kier molecular flexibility index (Phi) is 5.95. The van der Waals surface area contributed by atoms with Crippen LogP contribution in [0.3, 0.4) is 0 Å². The van der Waals surface area contributed by atoms with Gasteiger partial charge in [0.2, 0.25) is 0 Å². The zero-order valence-corrected chi connectivity index (χ0v) is 16.7. The number of benzene rings is 2. The van der Waals surface area contributed by atoms with Crippen molar-refractivity contribution in [3.8, 4) is 5.69 Å². The lowest BCUT2D eigenvalue weighted by atomic mass is 10.1. The van der Waals surface area contributed by atoms with Gasteiger partial charge in [-0.15, -0.1) is 0 Å². The van der Waals surface area contributed by atoms with Crippen LogP contribution in [-0.4, -0.2) is 36.0 Å². The van der Waals surface area contributed by atoms with Gasteiger partial charge in [-0.25, -0.2) is 4.39 Å². The molecule has 1 unspecified atom stereocenters. The third-order valence-electron chi connectivity index (χ3n) is 5.02. The molecule has 1 atom stereocenters. The van der Waals surface area contributed by atoms with Crippen molar-refractivity contribution in [2.45, 2.75) is 19.9 Å². The van der Waals surface area contributed by atoms with Crippen molar-refractivity contribution < 1.29 is 9.18 Å². The molecular formula is C23H26FN3O. The van der Waals surface area contributed by atoms with Crippen molar-refractivity contribution in [2.75, 3.05) is 20.6 Å². The summed E-state index contributed by atoms with van der Waals surface area (Å²) in [5.74, 6) is -0.385. The van der Waals surface area contributed by atoms with E-state index in [1.54, 1.807) is 12.1 Å². The van der Waals surface area contributed by atoms with Crippen molar-refractivity contribution in [2.24, 2.45) is 0 Å². The van der Waals surface area contributed by atoms with Crippen LogP contribution < -0.4 is 5.32 Å². The second-order valence-electron chi connectivity index (χ2n) is 7.20. The minimum absolute atomic E-state index is 0.0886. The summed E-state index contributed by atoms with van der Waals surface area (Å²) in [5.41, 5.74) is 4.40. The number of amides is 1. The van der Waals surface area contributed by atoms with Crippen LogP contribution in [0.2, 0.25) is 0 Å². The number of nitrogens with zero attached hydrogens (tertiary/aromatic N) is 2. The van der Waals surface area contributed by atoms with E-state index < -0.39 is 0 Å². The number of hydrogen-bond donors (Lipinski definition) is 1. The van der Waals surface area contributed by atoms with E-state index >= 15 is 0 Å². The first kappa shape index (κ1) is 19.8. The van der Waals surface area contributed by atoms with E-state index in [2.05, 4.69) is 22.3 Å². The highest BCUT2D eigenvalue weighted by Gasteiger charge is 2.19. The highest BCUT2D eigenvalue weighted by Crippen LogP contribution is 2.22. The lowest BCUT2D eigenvalue weighted by Gasteiger charge is -2.25. The summed E-state index contributed by atoms with van der Waals surface area (Å²) >= 11 is 0. The van der Waals surface area contributed by atoms with Crippen molar-refractivity contribution in [1.82, 2.24) is 14.8 Å². The Bertz CT molecular complexity index is 946. The van der Waals surface area contributed by atoms with Crippen LogP contribution in [0.5, 0.6) is 0 Å². The molecule has 1 heterocycles. The van der Waals surface area contributed by atoms with Gasteiger partial charge in [0.1, 0.15) is 5.82 Å². The van der Waals surface area contributed by atoms with Gasteiger partial charge in [0, 0.05) is 23.6 Å². The minimum atomic E-state index is -0.278. The molecule has 1 amide bonds. The molecule has 2 aromatic carbocycles.